The minimum absolute atomic E-state index is 0.0472. The van der Waals surface area contributed by atoms with Crippen LogP contribution in [0.25, 0.3) is 0 Å². The molecule has 130 valence electrons. The number of carbonyl (C=O) groups is 2. The number of nitrogens with one attached hydrogen (secondary N) is 1. The van der Waals surface area contributed by atoms with Crippen LogP contribution in [0.1, 0.15) is 19.4 Å². The number of amides is 1. The highest BCUT2D eigenvalue weighted by Gasteiger charge is 2.28. The number of quaternary nitrogens is 1. The van der Waals surface area contributed by atoms with E-state index >= 15 is 0 Å². The van der Waals surface area contributed by atoms with Gasteiger partial charge in [-0.25, -0.2) is 0 Å². The average Bonchev–Trinajstić information content (AvgIpc) is 2.47. The van der Waals surface area contributed by atoms with Crippen LogP contribution < -0.4 is 16.2 Å². The van der Waals surface area contributed by atoms with Gasteiger partial charge in [0.15, 0.2) is 6.04 Å². The Morgan fingerprint density at radius 1 is 1.22 bits per heavy atom. The number of carboxylic acids is 1. The highest BCUT2D eigenvalue weighted by molar-refractivity contribution is 5.80. The molecule has 1 rings (SSSR count). The average molecular weight is 334 g/mol. The number of aliphatic carboxylic acids is 1. The molecule has 1 aromatic carbocycles. The molecule has 0 heterocycles. The van der Waals surface area contributed by atoms with Gasteiger partial charge in [0.1, 0.15) is 5.97 Å². The van der Waals surface area contributed by atoms with Gasteiger partial charge in [0, 0.05) is 12.5 Å². The van der Waals surface area contributed by atoms with Crippen molar-refractivity contribution in [2.24, 2.45) is 5.92 Å². The van der Waals surface area contributed by atoms with Gasteiger partial charge in [0.05, 0.1) is 0 Å². The van der Waals surface area contributed by atoms with Gasteiger partial charge in [-0.3, -0.25) is 4.79 Å². The van der Waals surface area contributed by atoms with E-state index < -0.39 is 12.1 Å². The van der Waals surface area contributed by atoms with Crippen molar-refractivity contribution in [3.05, 3.63) is 35.9 Å². The van der Waals surface area contributed by atoms with E-state index in [0.29, 0.717) is 6.54 Å². The van der Waals surface area contributed by atoms with E-state index in [1.54, 1.807) is 0 Å². The number of rotatable bonds is 5. The molecule has 0 aliphatic heterocycles. The molecule has 0 fully saturated rings. The fourth-order valence-electron chi connectivity index (χ4n) is 1.41. The Bertz CT molecular complexity index is 490. The first-order valence-corrected chi connectivity index (χ1v) is 6.98. The molecular weight excluding hydrogens is 313 g/mol. The molecule has 0 aliphatic carbocycles. The number of hydrogen-bond donors (Lipinski definition) is 2. The molecule has 1 aromatic rings. The summed E-state index contributed by atoms with van der Waals surface area (Å²) in [6.45, 7) is 4.70. The second-order valence-electron chi connectivity index (χ2n) is 5.16. The van der Waals surface area contributed by atoms with E-state index in [1.165, 1.54) is 5.56 Å². The Balaban J connectivity index is 0.000000585. The van der Waals surface area contributed by atoms with Crippen molar-refractivity contribution in [3.63, 3.8) is 0 Å². The Hall–Kier alpha value is -2.09. The fraction of sp³-hybridized carbons (Fsp3) is 0.467. The number of benzene rings is 1. The van der Waals surface area contributed by atoms with E-state index in [4.69, 9.17) is 9.90 Å². The standard InChI is InChI=1S/C13H20N2O.C2HF3O2/c1-10(2)12(14)13(16)15-9-8-11-6-4-3-5-7-11;3-2(4,5)1(6)7/h3-7,10,12H,8-9,14H2,1-2H3,(H,15,16);(H,6,7)/t12-;/m1./s1. The highest BCUT2D eigenvalue weighted by atomic mass is 19.4. The third-order valence-corrected chi connectivity index (χ3v) is 2.93. The molecule has 5 nitrogen and oxygen atoms in total. The molecule has 1 amide bonds. The van der Waals surface area contributed by atoms with Crippen LogP contribution in [-0.4, -0.2) is 30.6 Å². The lowest BCUT2D eigenvalue weighted by Crippen LogP contribution is -2.69. The molecule has 4 N–H and O–H groups in total. The summed E-state index contributed by atoms with van der Waals surface area (Å²) >= 11 is 0. The van der Waals surface area contributed by atoms with E-state index in [2.05, 4.69) is 23.2 Å². The van der Waals surface area contributed by atoms with Crippen molar-refractivity contribution in [3.8, 4) is 0 Å². The summed E-state index contributed by atoms with van der Waals surface area (Å²) in [4.78, 5) is 20.4. The normalized spacial score (nSPS) is 12.1. The van der Waals surface area contributed by atoms with Crippen LogP contribution in [0, 0.1) is 5.92 Å². The predicted molar refractivity (Wildman–Crippen MR) is 75.7 cm³/mol. The van der Waals surface area contributed by atoms with Gasteiger partial charge in [0.2, 0.25) is 0 Å². The van der Waals surface area contributed by atoms with Crippen LogP contribution in [-0.2, 0) is 16.0 Å². The minimum atomic E-state index is -5.19. The van der Waals surface area contributed by atoms with E-state index in [-0.39, 0.29) is 17.9 Å². The van der Waals surface area contributed by atoms with Gasteiger partial charge in [-0.05, 0) is 12.0 Å². The topological polar surface area (TPSA) is 96.9 Å². The lowest BCUT2D eigenvalue weighted by Gasteiger charge is -2.12. The molecule has 0 aromatic heterocycles. The van der Waals surface area contributed by atoms with Crippen LogP contribution in [0.5, 0.6) is 0 Å². The molecule has 23 heavy (non-hydrogen) atoms. The zero-order chi connectivity index (χ0) is 18.0. The zero-order valence-electron chi connectivity index (χ0n) is 13.0. The third kappa shape index (κ3) is 9.51. The number of carboxylic acid groups (broad SMARTS) is 1. The Morgan fingerprint density at radius 2 is 1.70 bits per heavy atom. The first-order chi connectivity index (χ1) is 10.6. The van der Waals surface area contributed by atoms with Crippen LogP contribution in [0.2, 0.25) is 0 Å². The van der Waals surface area contributed by atoms with Crippen LogP contribution in [0.3, 0.4) is 0 Å². The summed E-state index contributed by atoms with van der Waals surface area (Å²) in [6, 6.07) is 9.99. The summed E-state index contributed by atoms with van der Waals surface area (Å²) in [5.74, 6) is -2.67. The molecule has 0 unspecified atom stereocenters. The Labute approximate surface area is 132 Å². The second kappa shape index (κ2) is 9.83. The summed E-state index contributed by atoms with van der Waals surface area (Å²) in [5.41, 5.74) is 5.09. The van der Waals surface area contributed by atoms with Crippen molar-refractivity contribution in [2.45, 2.75) is 32.5 Å². The monoisotopic (exact) mass is 334 g/mol. The minimum Gasteiger partial charge on any atom is -0.542 e. The lowest BCUT2D eigenvalue weighted by atomic mass is 10.0. The van der Waals surface area contributed by atoms with E-state index in [9.17, 15) is 18.0 Å². The second-order valence-corrected chi connectivity index (χ2v) is 5.16. The molecular formula is C15H21F3N2O3. The quantitative estimate of drug-likeness (QED) is 0.787. The van der Waals surface area contributed by atoms with Crippen molar-refractivity contribution in [1.82, 2.24) is 5.32 Å². The van der Waals surface area contributed by atoms with E-state index in [0.717, 1.165) is 6.42 Å². The molecule has 8 heteroatoms. The van der Waals surface area contributed by atoms with Gasteiger partial charge in [-0.2, -0.15) is 13.2 Å². The Kier molecular flexibility index (Phi) is 8.94. The third-order valence-electron chi connectivity index (χ3n) is 2.93. The first-order valence-electron chi connectivity index (χ1n) is 6.98. The number of alkyl halides is 3. The van der Waals surface area contributed by atoms with Crippen molar-refractivity contribution in [1.29, 1.82) is 0 Å². The van der Waals surface area contributed by atoms with Gasteiger partial charge in [-0.15, -0.1) is 0 Å². The predicted octanol–water partition coefficient (Wildman–Crippen LogP) is -0.0896. The first kappa shape index (κ1) is 20.9. The van der Waals surface area contributed by atoms with Gasteiger partial charge >= 0.3 is 6.18 Å². The van der Waals surface area contributed by atoms with Gasteiger partial charge in [0.25, 0.3) is 5.91 Å². The summed E-state index contributed by atoms with van der Waals surface area (Å²) in [6.07, 6.45) is -4.32. The molecule has 0 saturated carbocycles. The van der Waals surface area contributed by atoms with Crippen molar-refractivity contribution < 1.29 is 33.6 Å². The Morgan fingerprint density at radius 3 is 2.09 bits per heavy atom. The molecule has 0 spiro atoms. The molecule has 0 radical (unpaired) electrons. The summed E-state index contributed by atoms with van der Waals surface area (Å²) < 4.78 is 31.5. The van der Waals surface area contributed by atoms with Crippen molar-refractivity contribution in [2.75, 3.05) is 6.54 Å². The van der Waals surface area contributed by atoms with Gasteiger partial charge in [-0.1, -0.05) is 44.2 Å². The van der Waals surface area contributed by atoms with Crippen LogP contribution in [0.4, 0.5) is 13.2 Å². The zero-order valence-corrected chi connectivity index (χ0v) is 13.0. The number of halogens is 3. The molecule has 0 saturated heterocycles. The summed E-state index contributed by atoms with van der Waals surface area (Å²) in [7, 11) is 0. The van der Waals surface area contributed by atoms with Crippen LogP contribution in [0.15, 0.2) is 30.3 Å². The number of carbonyl (C=O) groups excluding carboxylic acids is 2. The van der Waals surface area contributed by atoms with Crippen molar-refractivity contribution >= 4 is 11.9 Å². The molecule has 0 bridgehead atoms. The van der Waals surface area contributed by atoms with E-state index in [1.807, 2.05) is 32.0 Å². The molecule has 1 atom stereocenters. The fourth-order valence-corrected chi connectivity index (χ4v) is 1.41. The lowest BCUT2D eigenvalue weighted by molar-refractivity contribution is -0.414. The maximum Gasteiger partial charge on any atom is 0.430 e. The maximum absolute atomic E-state index is 11.6. The van der Waals surface area contributed by atoms with Gasteiger partial charge < -0.3 is 21.0 Å². The maximum atomic E-state index is 11.6. The van der Waals surface area contributed by atoms with Crippen LogP contribution >= 0.6 is 0 Å². The molecule has 0 aliphatic rings. The number of hydrogen-bond acceptors (Lipinski definition) is 3. The highest BCUT2D eigenvalue weighted by Crippen LogP contribution is 2.11. The largest absolute Gasteiger partial charge is 0.542 e. The summed E-state index contributed by atoms with van der Waals surface area (Å²) in [5, 5.41) is 11.7. The SMILES string of the molecule is CC(C)[C@@H]([NH3+])C(=O)NCCc1ccccc1.O=C([O-])C(F)(F)F. The smallest absolute Gasteiger partial charge is 0.430 e.